The van der Waals surface area contributed by atoms with Gasteiger partial charge in [-0.15, -0.1) is 0 Å². The fourth-order valence-corrected chi connectivity index (χ4v) is 2.64. The Kier molecular flexibility index (Phi) is 6.37. The standard InChI is InChI=1S/C14H30N2/c1-5-12(3)11-13(4)16-9-7-14(6-2)15-8-10-16/h12-15H,5-11H2,1-4H3. The molecule has 0 aliphatic carbocycles. The van der Waals surface area contributed by atoms with Gasteiger partial charge in [-0.1, -0.05) is 27.2 Å². The Morgan fingerprint density at radius 2 is 2.00 bits per heavy atom. The Morgan fingerprint density at radius 1 is 1.25 bits per heavy atom. The van der Waals surface area contributed by atoms with Gasteiger partial charge in [0, 0.05) is 25.2 Å². The minimum absolute atomic E-state index is 0.751. The lowest BCUT2D eigenvalue weighted by Crippen LogP contribution is -2.36. The molecule has 0 aromatic heterocycles. The summed E-state index contributed by atoms with van der Waals surface area (Å²) >= 11 is 0. The summed E-state index contributed by atoms with van der Waals surface area (Å²) in [5, 5.41) is 3.64. The molecule has 0 amide bonds. The average Bonchev–Trinajstić information content (AvgIpc) is 2.53. The molecule has 0 spiro atoms. The van der Waals surface area contributed by atoms with Crippen molar-refractivity contribution in [2.45, 2.75) is 65.5 Å². The van der Waals surface area contributed by atoms with Crippen LogP contribution in [-0.2, 0) is 0 Å². The molecular formula is C14H30N2. The topological polar surface area (TPSA) is 15.3 Å². The lowest BCUT2D eigenvalue weighted by molar-refractivity contribution is 0.192. The summed E-state index contributed by atoms with van der Waals surface area (Å²) in [4.78, 5) is 2.68. The third kappa shape index (κ3) is 4.42. The Bertz CT molecular complexity index is 182. The molecule has 1 saturated heterocycles. The van der Waals surface area contributed by atoms with Gasteiger partial charge in [-0.3, -0.25) is 4.90 Å². The molecule has 96 valence electrons. The van der Waals surface area contributed by atoms with Crippen molar-refractivity contribution in [3.05, 3.63) is 0 Å². The molecule has 1 rings (SSSR count). The van der Waals surface area contributed by atoms with Gasteiger partial charge < -0.3 is 5.32 Å². The first-order chi connectivity index (χ1) is 7.67. The van der Waals surface area contributed by atoms with E-state index in [1.807, 2.05) is 0 Å². The maximum atomic E-state index is 3.64. The van der Waals surface area contributed by atoms with Gasteiger partial charge in [0.15, 0.2) is 0 Å². The van der Waals surface area contributed by atoms with Gasteiger partial charge in [0.25, 0.3) is 0 Å². The number of hydrogen-bond acceptors (Lipinski definition) is 2. The van der Waals surface area contributed by atoms with Crippen molar-refractivity contribution in [2.75, 3.05) is 19.6 Å². The van der Waals surface area contributed by atoms with E-state index in [9.17, 15) is 0 Å². The normalized spacial score (nSPS) is 27.4. The van der Waals surface area contributed by atoms with Gasteiger partial charge in [0.05, 0.1) is 0 Å². The highest BCUT2D eigenvalue weighted by Gasteiger charge is 2.20. The third-order valence-corrected chi connectivity index (χ3v) is 4.15. The van der Waals surface area contributed by atoms with Crippen LogP contribution in [0.2, 0.25) is 0 Å². The smallest absolute Gasteiger partial charge is 0.0110 e. The number of rotatable bonds is 5. The molecule has 1 fully saturated rings. The predicted octanol–water partition coefficient (Wildman–Crippen LogP) is 2.89. The van der Waals surface area contributed by atoms with Crippen molar-refractivity contribution in [3.63, 3.8) is 0 Å². The second-order valence-corrected chi connectivity index (χ2v) is 5.48. The average molecular weight is 226 g/mol. The van der Waals surface area contributed by atoms with Crippen LogP contribution in [0.4, 0.5) is 0 Å². The quantitative estimate of drug-likeness (QED) is 0.775. The molecule has 3 unspecified atom stereocenters. The van der Waals surface area contributed by atoms with E-state index in [0.29, 0.717) is 0 Å². The Morgan fingerprint density at radius 3 is 2.62 bits per heavy atom. The van der Waals surface area contributed by atoms with Crippen LogP contribution in [0.1, 0.15) is 53.4 Å². The lowest BCUT2D eigenvalue weighted by atomic mass is 9.99. The highest BCUT2D eigenvalue weighted by molar-refractivity contribution is 4.78. The third-order valence-electron chi connectivity index (χ3n) is 4.15. The molecule has 2 nitrogen and oxygen atoms in total. The lowest BCUT2D eigenvalue weighted by Gasteiger charge is -2.29. The zero-order valence-corrected chi connectivity index (χ0v) is 11.6. The first kappa shape index (κ1) is 14.0. The van der Waals surface area contributed by atoms with Crippen molar-refractivity contribution in [1.29, 1.82) is 0 Å². The summed E-state index contributed by atoms with van der Waals surface area (Å²) in [5.41, 5.74) is 0. The van der Waals surface area contributed by atoms with E-state index >= 15 is 0 Å². The summed E-state index contributed by atoms with van der Waals surface area (Å²) in [6, 6.07) is 1.51. The number of nitrogens with zero attached hydrogens (tertiary/aromatic N) is 1. The molecule has 1 aliphatic rings. The molecule has 0 aromatic carbocycles. The second-order valence-electron chi connectivity index (χ2n) is 5.48. The van der Waals surface area contributed by atoms with Crippen molar-refractivity contribution in [1.82, 2.24) is 10.2 Å². The first-order valence-electron chi connectivity index (χ1n) is 7.14. The van der Waals surface area contributed by atoms with Crippen molar-refractivity contribution < 1.29 is 0 Å². The molecule has 0 radical (unpaired) electrons. The van der Waals surface area contributed by atoms with Gasteiger partial charge in [0.1, 0.15) is 0 Å². The van der Waals surface area contributed by atoms with Gasteiger partial charge in [-0.05, 0) is 38.6 Å². The van der Waals surface area contributed by atoms with Crippen LogP contribution in [0.5, 0.6) is 0 Å². The van der Waals surface area contributed by atoms with Gasteiger partial charge in [-0.25, -0.2) is 0 Å². The van der Waals surface area contributed by atoms with E-state index in [4.69, 9.17) is 0 Å². The molecule has 2 heteroatoms. The summed E-state index contributed by atoms with van der Waals surface area (Å²) in [5.74, 6) is 0.869. The molecule has 1 N–H and O–H groups in total. The van der Waals surface area contributed by atoms with Crippen molar-refractivity contribution >= 4 is 0 Å². The summed E-state index contributed by atoms with van der Waals surface area (Å²) in [7, 11) is 0. The fraction of sp³-hybridized carbons (Fsp3) is 1.00. The van der Waals surface area contributed by atoms with Gasteiger partial charge in [0.2, 0.25) is 0 Å². The largest absolute Gasteiger partial charge is 0.313 e. The predicted molar refractivity (Wildman–Crippen MR) is 71.8 cm³/mol. The maximum absolute atomic E-state index is 3.64. The summed E-state index contributed by atoms with van der Waals surface area (Å²) < 4.78 is 0. The van der Waals surface area contributed by atoms with Crippen molar-refractivity contribution in [2.24, 2.45) is 5.92 Å². The van der Waals surface area contributed by atoms with Crippen LogP contribution >= 0.6 is 0 Å². The zero-order valence-electron chi connectivity index (χ0n) is 11.6. The Hall–Kier alpha value is -0.0800. The Labute approximate surface area is 102 Å². The summed E-state index contributed by atoms with van der Waals surface area (Å²) in [6.45, 7) is 13.0. The van der Waals surface area contributed by atoms with Crippen LogP contribution in [-0.4, -0.2) is 36.6 Å². The van der Waals surface area contributed by atoms with Gasteiger partial charge >= 0.3 is 0 Å². The fourth-order valence-electron chi connectivity index (χ4n) is 2.64. The SMILES string of the molecule is CCC(C)CC(C)N1CCNC(CC)CC1. The van der Waals surface area contributed by atoms with Crippen LogP contribution in [0.15, 0.2) is 0 Å². The van der Waals surface area contributed by atoms with E-state index in [0.717, 1.165) is 18.0 Å². The maximum Gasteiger partial charge on any atom is 0.0110 e. The van der Waals surface area contributed by atoms with Crippen molar-refractivity contribution in [3.8, 4) is 0 Å². The van der Waals surface area contributed by atoms with E-state index in [1.165, 1.54) is 45.3 Å². The van der Waals surface area contributed by atoms with Crippen LogP contribution in [0, 0.1) is 5.92 Å². The van der Waals surface area contributed by atoms with Gasteiger partial charge in [-0.2, -0.15) is 0 Å². The number of nitrogens with one attached hydrogen (secondary N) is 1. The molecule has 0 bridgehead atoms. The highest BCUT2D eigenvalue weighted by atomic mass is 15.2. The van der Waals surface area contributed by atoms with E-state index < -0.39 is 0 Å². The molecule has 16 heavy (non-hydrogen) atoms. The molecular weight excluding hydrogens is 196 g/mol. The molecule has 1 heterocycles. The summed E-state index contributed by atoms with van der Waals surface area (Å²) in [6.07, 6.45) is 5.26. The molecule has 0 aromatic rings. The highest BCUT2D eigenvalue weighted by Crippen LogP contribution is 2.16. The van der Waals surface area contributed by atoms with E-state index in [1.54, 1.807) is 0 Å². The minimum Gasteiger partial charge on any atom is -0.313 e. The molecule has 1 aliphatic heterocycles. The van der Waals surface area contributed by atoms with Crippen LogP contribution in [0.3, 0.4) is 0 Å². The number of hydrogen-bond donors (Lipinski definition) is 1. The van der Waals surface area contributed by atoms with Crippen LogP contribution in [0.25, 0.3) is 0 Å². The zero-order chi connectivity index (χ0) is 12.0. The Balaban J connectivity index is 2.35. The minimum atomic E-state index is 0.751. The van der Waals surface area contributed by atoms with E-state index in [-0.39, 0.29) is 0 Å². The first-order valence-corrected chi connectivity index (χ1v) is 7.14. The second kappa shape index (κ2) is 7.29. The monoisotopic (exact) mass is 226 g/mol. The molecule has 0 saturated carbocycles. The van der Waals surface area contributed by atoms with E-state index in [2.05, 4.69) is 37.9 Å². The van der Waals surface area contributed by atoms with Crippen LogP contribution < -0.4 is 5.32 Å². The molecule has 3 atom stereocenters.